The normalized spacial score (nSPS) is 19.3. The first-order valence-corrected chi connectivity index (χ1v) is 8.93. The molecule has 0 spiro atoms. The molecule has 0 aliphatic heterocycles. The van der Waals surface area contributed by atoms with Gasteiger partial charge in [0.05, 0.1) is 0 Å². The molecule has 0 amide bonds. The summed E-state index contributed by atoms with van der Waals surface area (Å²) in [5.74, 6) is 7.24. The van der Waals surface area contributed by atoms with Crippen LogP contribution in [0.1, 0.15) is 83.9 Å². The summed E-state index contributed by atoms with van der Waals surface area (Å²) in [6.45, 7) is 15.1. The van der Waals surface area contributed by atoms with E-state index in [1.807, 2.05) is 33.8 Å². The molecular weight excluding hydrogens is 276 g/mol. The van der Waals surface area contributed by atoms with Gasteiger partial charge in [0, 0.05) is 11.1 Å². The van der Waals surface area contributed by atoms with Crippen LogP contribution in [0.2, 0.25) is 0 Å². The molecule has 1 unspecified atom stereocenters. The highest BCUT2D eigenvalue weighted by Gasteiger charge is 2.30. The van der Waals surface area contributed by atoms with Crippen molar-refractivity contribution >= 4 is 0 Å². The van der Waals surface area contributed by atoms with Crippen LogP contribution in [-0.2, 0) is 5.41 Å². The zero-order valence-electron chi connectivity index (χ0n) is 16.0. The Balaban J connectivity index is 0.00000127. The van der Waals surface area contributed by atoms with E-state index in [-0.39, 0.29) is 5.41 Å². The van der Waals surface area contributed by atoms with E-state index in [0.29, 0.717) is 5.92 Å². The average Bonchev–Trinajstić information content (AvgIpc) is 2.57. The first-order chi connectivity index (χ1) is 11.0. The lowest BCUT2D eigenvalue weighted by Gasteiger charge is -2.36. The SMILES string of the molecule is C/C=C\C(C#Cc1ccc2c(c1)C(C)(C)CCC2C)=C/C.CC. The molecule has 0 aromatic heterocycles. The Morgan fingerprint density at radius 3 is 2.52 bits per heavy atom. The van der Waals surface area contributed by atoms with E-state index < -0.39 is 0 Å². The van der Waals surface area contributed by atoms with Crippen molar-refractivity contribution in [3.63, 3.8) is 0 Å². The van der Waals surface area contributed by atoms with E-state index in [4.69, 9.17) is 0 Å². The highest BCUT2D eigenvalue weighted by molar-refractivity contribution is 5.49. The lowest BCUT2D eigenvalue weighted by molar-refractivity contribution is 0.402. The largest absolute Gasteiger partial charge is 0.0864 e. The standard InChI is InChI=1S/C21H26.C2H6/c1-6-8-17(7-2)9-10-18-11-12-19-16(3)13-14-21(4,5)20(19)15-18;1-2/h6-8,11-12,15-16H,13-14H2,1-5H3;1-2H3/b8-6-,17-7+;. The summed E-state index contributed by atoms with van der Waals surface area (Å²) >= 11 is 0. The molecule has 0 heterocycles. The van der Waals surface area contributed by atoms with Gasteiger partial charge >= 0.3 is 0 Å². The van der Waals surface area contributed by atoms with Gasteiger partial charge < -0.3 is 0 Å². The van der Waals surface area contributed by atoms with Crippen LogP contribution in [0.15, 0.2) is 42.0 Å². The van der Waals surface area contributed by atoms with Gasteiger partial charge in [0.2, 0.25) is 0 Å². The van der Waals surface area contributed by atoms with Gasteiger partial charge in [-0.25, -0.2) is 0 Å². The molecule has 1 aromatic rings. The molecule has 0 saturated carbocycles. The van der Waals surface area contributed by atoms with Crippen LogP contribution < -0.4 is 0 Å². The minimum Gasteiger partial charge on any atom is -0.0864 e. The van der Waals surface area contributed by atoms with Crippen molar-refractivity contribution in [2.75, 3.05) is 0 Å². The van der Waals surface area contributed by atoms with E-state index >= 15 is 0 Å². The molecule has 1 aliphatic carbocycles. The van der Waals surface area contributed by atoms with Gasteiger partial charge in [0.15, 0.2) is 0 Å². The van der Waals surface area contributed by atoms with Crippen LogP contribution in [0.3, 0.4) is 0 Å². The van der Waals surface area contributed by atoms with Crippen LogP contribution >= 0.6 is 0 Å². The Hall–Kier alpha value is -1.74. The van der Waals surface area contributed by atoms with Crippen molar-refractivity contribution in [3.05, 3.63) is 58.7 Å². The predicted octanol–water partition coefficient (Wildman–Crippen LogP) is 6.76. The smallest absolute Gasteiger partial charge is 0.0252 e. The Morgan fingerprint density at radius 1 is 1.22 bits per heavy atom. The fourth-order valence-electron chi connectivity index (χ4n) is 3.05. The van der Waals surface area contributed by atoms with Crippen LogP contribution in [0.5, 0.6) is 0 Å². The quantitative estimate of drug-likeness (QED) is 0.397. The Morgan fingerprint density at radius 2 is 1.91 bits per heavy atom. The minimum absolute atomic E-state index is 0.270. The molecular formula is C23H32. The van der Waals surface area contributed by atoms with Crippen LogP contribution in [0.25, 0.3) is 0 Å². The number of hydrogen-bond acceptors (Lipinski definition) is 0. The molecule has 23 heavy (non-hydrogen) atoms. The van der Waals surface area contributed by atoms with E-state index in [9.17, 15) is 0 Å². The molecule has 0 N–H and O–H groups in total. The van der Waals surface area contributed by atoms with E-state index in [2.05, 4.69) is 63.0 Å². The Bertz CT molecular complexity index is 630. The van der Waals surface area contributed by atoms with Crippen LogP contribution in [-0.4, -0.2) is 0 Å². The summed E-state index contributed by atoms with van der Waals surface area (Å²) in [6, 6.07) is 6.77. The van der Waals surface area contributed by atoms with Gasteiger partial charge in [0.25, 0.3) is 0 Å². The monoisotopic (exact) mass is 308 g/mol. The van der Waals surface area contributed by atoms with Crippen molar-refractivity contribution in [1.82, 2.24) is 0 Å². The molecule has 1 aromatic carbocycles. The molecule has 0 bridgehead atoms. The van der Waals surface area contributed by atoms with E-state index in [1.54, 1.807) is 0 Å². The summed E-state index contributed by atoms with van der Waals surface area (Å²) in [4.78, 5) is 0. The summed E-state index contributed by atoms with van der Waals surface area (Å²) in [6.07, 6.45) is 8.68. The molecule has 0 heteroatoms. The number of allylic oxidation sites excluding steroid dienone is 4. The van der Waals surface area contributed by atoms with Gasteiger partial charge in [0.1, 0.15) is 0 Å². The molecule has 1 atom stereocenters. The minimum atomic E-state index is 0.270. The zero-order chi connectivity index (χ0) is 17.5. The van der Waals surface area contributed by atoms with Gasteiger partial charge in [-0.3, -0.25) is 0 Å². The summed E-state index contributed by atoms with van der Waals surface area (Å²) in [5.41, 5.74) is 5.46. The van der Waals surface area contributed by atoms with Gasteiger partial charge in [-0.1, -0.05) is 70.8 Å². The van der Waals surface area contributed by atoms with Crippen LogP contribution in [0, 0.1) is 11.8 Å². The van der Waals surface area contributed by atoms with Gasteiger partial charge in [-0.05, 0) is 61.3 Å². The fourth-order valence-corrected chi connectivity index (χ4v) is 3.05. The van der Waals surface area contributed by atoms with Crippen molar-refractivity contribution in [1.29, 1.82) is 0 Å². The van der Waals surface area contributed by atoms with Crippen molar-refractivity contribution in [3.8, 4) is 11.8 Å². The third-order valence-electron chi connectivity index (χ3n) is 4.52. The highest BCUT2D eigenvalue weighted by atomic mass is 14.3. The maximum Gasteiger partial charge on any atom is 0.0252 e. The second kappa shape index (κ2) is 8.78. The first kappa shape index (κ1) is 19.3. The highest BCUT2D eigenvalue weighted by Crippen LogP contribution is 2.42. The predicted molar refractivity (Wildman–Crippen MR) is 104 cm³/mol. The first-order valence-electron chi connectivity index (χ1n) is 8.93. The zero-order valence-corrected chi connectivity index (χ0v) is 16.0. The molecule has 124 valence electrons. The van der Waals surface area contributed by atoms with Crippen molar-refractivity contribution in [2.24, 2.45) is 0 Å². The number of hydrogen-bond donors (Lipinski definition) is 0. The topological polar surface area (TPSA) is 0 Å². The van der Waals surface area contributed by atoms with E-state index in [0.717, 1.165) is 11.1 Å². The molecule has 1 aliphatic rings. The Kier molecular flexibility index (Phi) is 7.37. The lowest BCUT2D eigenvalue weighted by atomic mass is 9.69. The van der Waals surface area contributed by atoms with Gasteiger partial charge in [-0.2, -0.15) is 0 Å². The molecule has 0 nitrogen and oxygen atoms in total. The third-order valence-corrected chi connectivity index (χ3v) is 4.52. The summed E-state index contributed by atoms with van der Waals surface area (Å²) in [5, 5.41) is 0. The maximum absolute atomic E-state index is 3.31. The third kappa shape index (κ3) is 4.87. The molecule has 0 radical (unpaired) electrons. The Labute approximate surface area is 143 Å². The van der Waals surface area contributed by atoms with Gasteiger partial charge in [-0.15, -0.1) is 0 Å². The second-order valence-electron chi connectivity index (χ2n) is 6.62. The van der Waals surface area contributed by atoms with Crippen molar-refractivity contribution in [2.45, 2.75) is 72.6 Å². The van der Waals surface area contributed by atoms with E-state index in [1.165, 1.54) is 24.0 Å². The number of fused-ring (bicyclic) bond motifs is 1. The maximum atomic E-state index is 3.31. The average molecular weight is 309 g/mol. The lowest BCUT2D eigenvalue weighted by Crippen LogP contribution is -2.25. The molecule has 2 rings (SSSR count). The number of benzene rings is 1. The molecule has 0 saturated heterocycles. The number of rotatable bonds is 1. The fraction of sp³-hybridized carbons (Fsp3) is 0.478. The molecule has 0 fully saturated rings. The summed E-state index contributed by atoms with van der Waals surface area (Å²) < 4.78 is 0. The second-order valence-corrected chi connectivity index (χ2v) is 6.62. The van der Waals surface area contributed by atoms with Crippen molar-refractivity contribution < 1.29 is 0 Å². The summed E-state index contributed by atoms with van der Waals surface area (Å²) in [7, 11) is 0. The van der Waals surface area contributed by atoms with Crippen LogP contribution in [0.4, 0.5) is 0 Å².